The summed E-state index contributed by atoms with van der Waals surface area (Å²) in [7, 11) is 0. The number of nitrogens with one attached hydrogen (secondary N) is 1. The molecule has 22 heavy (non-hydrogen) atoms. The van der Waals surface area contributed by atoms with Gasteiger partial charge in [-0.3, -0.25) is 9.59 Å². The third-order valence-corrected chi connectivity index (χ3v) is 5.45. The highest BCUT2D eigenvalue weighted by Crippen LogP contribution is 2.30. The topological polar surface area (TPSA) is 55.4 Å². The molecule has 0 fully saturated rings. The second kappa shape index (κ2) is 6.22. The summed E-state index contributed by atoms with van der Waals surface area (Å²) in [5.41, 5.74) is 1.98. The van der Waals surface area contributed by atoms with Crippen LogP contribution in [0.25, 0.3) is 0 Å². The Hall–Kier alpha value is -1.66. The van der Waals surface area contributed by atoms with Crippen LogP contribution in [0.5, 0.6) is 5.75 Å². The van der Waals surface area contributed by atoms with Crippen LogP contribution in [0.3, 0.4) is 0 Å². The summed E-state index contributed by atoms with van der Waals surface area (Å²) in [4.78, 5) is 23.8. The molecule has 0 atom stereocenters. The van der Waals surface area contributed by atoms with E-state index >= 15 is 0 Å². The lowest BCUT2D eigenvalue weighted by atomic mass is 10.0. The Morgan fingerprint density at radius 3 is 2.86 bits per heavy atom. The Bertz CT molecular complexity index is 774. The molecule has 0 aliphatic carbocycles. The molecule has 6 heteroatoms. The monoisotopic (exact) mass is 423 g/mol. The average Bonchev–Trinajstić information content (AvgIpc) is 2.51. The predicted molar refractivity (Wildman–Crippen MR) is 90.4 cm³/mol. The second-order valence-electron chi connectivity index (χ2n) is 4.86. The van der Waals surface area contributed by atoms with Gasteiger partial charge in [0.25, 0.3) is 5.91 Å². The van der Waals surface area contributed by atoms with Gasteiger partial charge in [0.05, 0.1) is 5.69 Å². The van der Waals surface area contributed by atoms with E-state index in [1.54, 1.807) is 18.2 Å². The molecule has 2 aromatic carbocycles. The van der Waals surface area contributed by atoms with Crippen molar-refractivity contribution < 1.29 is 14.3 Å². The SMILES string of the molecule is O=C1COc2ccc(C(=O)Cc3cccc(Br)c3Br)cc2N1. The smallest absolute Gasteiger partial charge is 0.262 e. The summed E-state index contributed by atoms with van der Waals surface area (Å²) in [6, 6.07) is 10.8. The van der Waals surface area contributed by atoms with E-state index in [4.69, 9.17) is 4.74 Å². The first-order valence-corrected chi connectivity index (χ1v) is 8.16. The van der Waals surface area contributed by atoms with Crippen molar-refractivity contribution in [1.82, 2.24) is 0 Å². The molecule has 0 saturated heterocycles. The minimum atomic E-state index is -0.216. The van der Waals surface area contributed by atoms with Crippen LogP contribution in [-0.4, -0.2) is 18.3 Å². The van der Waals surface area contributed by atoms with Crippen LogP contribution in [0.4, 0.5) is 5.69 Å². The third kappa shape index (κ3) is 3.08. The van der Waals surface area contributed by atoms with Crippen LogP contribution in [0.2, 0.25) is 0 Å². The van der Waals surface area contributed by atoms with Crippen LogP contribution in [0.15, 0.2) is 45.3 Å². The number of ketones is 1. The van der Waals surface area contributed by atoms with Gasteiger partial charge < -0.3 is 10.1 Å². The minimum absolute atomic E-state index is 0.00524. The summed E-state index contributed by atoms with van der Waals surface area (Å²) in [5, 5.41) is 2.71. The van der Waals surface area contributed by atoms with Gasteiger partial charge in [-0.05, 0) is 61.7 Å². The third-order valence-electron chi connectivity index (χ3n) is 3.32. The molecule has 2 aromatic rings. The number of rotatable bonds is 3. The fraction of sp³-hybridized carbons (Fsp3) is 0.125. The van der Waals surface area contributed by atoms with Gasteiger partial charge in [0, 0.05) is 20.9 Å². The minimum Gasteiger partial charge on any atom is -0.482 e. The standard InChI is InChI=1S/C16H11Br2NO3/c17-11-3-1-2-10(16(11)18)7-13(20)9-4-5-14-12(6-9)19-15(21)8-22-14/h1-6H,7-8H2,(H,19,21). The summed E-state index contributed by atoms with van der Waals surface area (Å²) in [6.45, 7) is 0.00524. The van der Waals surface area contributed by atoms with Crippen molar-refractivity contribution in [3.05, 3.63) is 56.5 Å². The molecule has 0 spiro atoms. The van der Waals surface area contributed by atoms with Gasteiger partial charge in [0.2, 0.25) is 0 Å². The van der Waals surface area contributed by atoms with Crippen molar-refractivity contribution >= 4 is 49.2 Å². The number of fused-ring (bicyclic) bond motifs is 1. The van der Waals surface area contributed by atoms with Crippen LogP contribution in [0.1, 0.15) is 15.9 Å². The van der Waals surface area contributed by atoms with Gasteiger partial charge in [-0.15, -0.1) is 0 Å². The molecule has 1 aliphatic rings. The molecule has 0 radical (unpaired) electrons. The van der Waals surface area contributed by atoms with Crippen LogP contribution in [-0.2, 0) is 11.2 Å². The highest BCUT2D eigenvalue weighted by atomic mass is 79.9. The maximum atomic E-state index is 12.5. The normalized spacial score (nSPS) is 13.1. The number of carbonyl (C=O) groups excluding carboxylic acids is 2. The molecular formula is C16H11Br2NO3. The Morgan fingerprint density at radius 1 is 1.23 bits per heavy atom. The zero-order valence-corrected chi connectivity index (χ0v) is 14.5. The van der Waals surface area contributed by atoms with Crippen LogP contribution in [0, 0.1) is 0 Å². The quantitative estimate of drug-likeness (QED) is 0.758. The maximum Gasteiger partial charge on any atom is 0.262 e. The number of hydrogen-bond acceptors (Lipinski definition) is 3. The van der Waals surface area contributed by atoms with E-state index < -0.39 is 0 Å². The number of hydrogen-bond donors (Lipinski definition) is 1. The van der Waals surface area contributed by atoms with Crippen LogP contribution >= 0.6 is 31.9 Å². The predicted octanol–water partition coefficient (Wildman–Crippen LogP) is 3.97. The maximum absolute atomic E-state index is 12.5. The number of carbonyl (C=O) groups is 2. The molecule has 1 N–H and O–H groups in total. The summed E-state index contributed by atoms with van der Waals surface area (Å²) >= 11 is 6.90. The van der Waals surface area contributed by atoms with Crippen molar-refractivity contribution in [2.75, 3.05) is 11.9 Å². The van der Waals surface area contributed by atoms with E-state index in [9.17, 15) is 9.59 Å². The first-order chi connectivity index (χ1) is 10.5. The van der Waals surface area contributed by atoms with Crippen molar-refractivity contribution in [3.63, 3.8) is 0 Å². The van der Waals surface area contributed by atoms with E-state index in [-0.39, 0.29) is 24.7 Å². The average molecular weight is 425 g/mol. The molecule has 1 amide bonds. The molecular weight excluding hydrogens is 414 g/mol. The first kappa shape index (κ1) is 15.2. The van der Waals surface area contributed by atoms with Crippen LogP contribution < -0.4 is 10.1 Å². The molecule has 0 aromatic heterocycles. The Kier molecular flexibility index (Phi) is 4.31. The number of Topliss-reactive ketones (excluding diaryl/α,β-unsaturated/α-hetero) is 1. The van der Waals surface area contributed by atoms with E-state index in [0.29, 0.717) is 17.0 Å². The largest absolute Gasteiger partial charge is 0.482 e. The number of halogens is 2. The van der Waals surface area contributed by atoms with Crippen molar-refractivity contribution in [2.24, 2.45) is 0 Å². The van der Waals surface area contributed by atoms with E-state index in [1.165, 1.54) is 0 Å². The van der Waals surface area contributed by atoms with E-state index in [2.05, 4.69) is 37.2 Å². The molecule has 3 rings (SSSR count). The Labute approximate surface area is 144 Å². The van der Waals surface area contributed by atoms with E-state index in [1.807, 2.05) is 18.2 Å². The first-order valence-electron chi connectivity index (χ1n) is 6.57. The van der Waals surface area contributed by atoms with E-state index in [0.717, 1.165) is 14.5 Å². The van der Waals surface area contributed by atoms with Gasteiger partial charge in [-0.2, -0.15) is 0 Å². The summed E-state index contributed by atoms with van der Waals surface area (Å²) in [6.07, 6.45) is 0.271. The zero-order valence-electron chi connectivity index (χ0n) is 11.4. The lowest BCUT2D eigenvalue weighted by Gasteiger charge is -2.18. The zero-order chi connectivity index (χ0) is 15.7. The number of amides is 1. The molecule has 1 heterocycles. The summed E-state index contributed by atoms with van der Waals surface area (Å²) in [5.74, 6) is 0.341. The van der Waals surface area contributed by atoms with Gasteiger partial charge in [0.1, 0.15) is 5.75 Å². The summed E-state index contributed by atoms with van der Waals surface area (Å²) < 4.78 is 7.07. The molecule has 4 nitrogen and oxygen atoms in total. The molecule has 1 aliphatic heterocycles. The lowest BCUT2D eigenvalue weighted by molar-refractivity contribution is -0.118. The number of benzene rings is 2. The molecule has 0 bridgehead atoms. The second-order valence-corrected chi connectivity index (χ2v) is 6.51. The fourth-order valence-electron chi connectivity index (χ4n) is 2.22. The molecule has 0 saturated carbocycles. The van der Waals surface area contributed by atoms with Gasteiger partial charge in [0.15, 0.2) is 12.4 Å². The Balaban J connectivity index is 1.85. The lowest BCUT2D eigenvalue weighted by Crippen LogP contribution is -2.25. The Morgan fingerprint density at radius 2 is 2.05 bits per heavy atom. The van der Waals surface area contributed by atoms with Gasteiger partial charge in [-0.25, -0.2) is 0 Å². The number of anilines is 1. The molecule has 0 unspecified atom stereocenters. The molecule has 112 valence electrons. The van der Waals surface area contributed by atoms with Gasteiger partial charge in [-0.1, -0.05) is 12.1 Å². The van der Waals surface area contributed by atoms with Crippen molar-refractivity contribution in [3.8, 4) is 5.75 Å². The highest BCUT2D eigenvalue weighted by molar-refractivity contribution is 9.13. The number of ether oxygens (including phenoxy) is 1. The fourth-order valence-corrected chi connectivity index (χ4v) is 3.03. The van der Waals surface area contributed by atoms with Crippen molar-refractivity contribution in [2.45, 2.75) is 6.42 Å². The highest BCUT2D eigenvalue weighted by Gasteiger charge is 2.18. The van der Waals surface area contributed by atoms with Gasteiger partial charge >= 0.3 is 0 Å². The van der Waals surface area contributed by atoms with Crippen molar-refractivity contribution in [1.29, 1.82) is 0 Å².